The highest BCUT2D eigenvalue weighted by atomic mass is 32.2. The topological polar surface area (TPSA) is 74.7 Å². The van der Waals surface area contributed by atoms with Crippen LogP contribution in [-0.4, -0.2) is 36.7 Å². The SMILES string of the molecule is CC(=O)c1ccc(S(=O)(=O)N2C[C@@H]3CCC[C@](O)(c4ccc(F)cc4)[C@H]3C2)cc1. The Bertz CT molecular complexity index is 1020. The van der Waals surface area contributed by atoms with E-state index in [0.717, 1.165) is 12.8 Å². The van der Waals surface area contributed by atoms with E-state index >= 15 is 0 Å². The third-order valence-corrected chi connectivity index (χ3v) is 8.24. The van der Waals surface area contributed by atoms with Gasteiger partial charge in [-0.15, -0.1) is 0 Å². The first-order valence-electron chi connectivity index (χ1n) is 9.81. The van der Waals surface area contributed by atoms with Crippen LogP contribution in [0.3, 0.4) is 0 Å². The quantitative estimate of drug-likeness (QED) is 0.775. The summed E-state index contributed by atoms with van der Waals surface area (Å²) in [6.07, 6.45) is 2.17. The molecule has 1 aliphatic heterocycles. The molecular formula is C22H24FNO4S. The molecule has 0 aromatic heterocycles. The van der Waals surface area contributed by atoms with Crippen molar-refractivity contribution in [1.82, 2.24) is 4.31 Å². The van der Waals surface area contributed by atoms with Crippen molar-refractivity contribution in [2.75, 3.05) is 13.1 Å². The normalized spacial score (nSPS) is 27.6. The van der Waals surface area contributed by atoms with Crippen LogP contribution in [0.4, 0.5) is 4.39 Å². The molecule has 0 unspecified atom stereocenters. The summed E-state index contributed by atoms with van der Waals surface area (Å²) in [5.41, 5.74) is -0.0669. The van der Waals surface area contributed by atoms with Gasteiger partial charge >= 0.3 is 0 Å². The molecule has 1 saturated heterocycles. The lowest BCUT2D eigenvalue weighted by atomic mass is 9.67. The van der Waals surface area contributed by atoms with E-state index in [1.54, 1.807) is 12.1 Å². The summed E-state index contributed by atoms with van der Waals surface area (Å²) >= 11 is 0. The molecule has 1 aliphatic carbocycles. The van der Waals surface area contributed by atoms with Gasteiger partial charge in [0.2, 0.25) is 10.0 Å². The van der Waals surface area contributed by atoms with Crippen LogP contribution in [0.5, 0.6) is 0 Å². The van der Waals surface area contributed by atoms with Crippen molar-refractivity contribution in [2.24, 2.45) is 11.8 Å². The fourth-order valence-corrected chi connectivity index (χ4v) is 6.31. The van der Waals surface area contributed by atoms with Crippen LogP contribution < -0.4 is 0 Å². The predicted molar refractivity (Wildman–Crippen MR) is 106 cm³/mol. The highest BCUT2D eigenvalue weighted by Gasteiger charge is 2.52. The average Bonchev–Trinajstić information content (AvgIpc) is 3.15. The van der Waals surface area contributed by atoms with Crippen LogP contribution in [0.15, 0.2) is 53.4 Å². The zero-order valence-electron chi connectivity index (χ0n) is 16.2. The third-order valence-electron chi connectivity index (χ3n) is 6.40. The van der Waals surface area contributed by atoms with Gasteiger partial charge in [0.05, 0.1) is 10.5 Å². The monoisotopic (exact) mass is 417 g/mol. The molecule has 2 aliphatic rings. The maximum absolute atomic E-state index is 13.3. The second-order valence-electron chi connectivity index (χ2n) is 8.09. The van der Waals surface area contributed by atoms with E-state index in [0.29, 0.717) is 24.1 Å². The lowest BCUT2D eigenvalue weighted by Crippen LogP contribution is -2.43. The Hall–Kier alpha value is -2.09. The zero-order valence-corrected chi connectivity index (χ0v) is 17.0. The van der Waals surface area contributed by atoms with Gasteiger partial charge in [-0.2, -0.15) is 4.31 Å². The van der Waals surface area contributed by atoms with Gasteiger partial charge in [0.25, 0.3) is 0 Å². The summed E-state index contributed by atoms with van der Waals surface area (Å²) in [5, 5.41) is 11.5. The largest absolute Gasteiger partial charge is 0.385 e. The van der Waals surface area contributed by atoms with Crippen molar-refractivity contribution in [3.05, 3.63) is 65.5 Å². The lowest BCUT2D eigenvalue weighted by molar-refractivity contribution is -0.0641. The molecule has 0 spiro atoms. The van der Waals surface area contributed by atoms with Crippen LogP contribution in [0.25, 0.3) is 0 Å². The summed E-state index contributed by atoms with van der Waals surface area (Å²) in [7, 11) is -3.73. The van der Waals surface area contributed by atoms with Crippen molar-refractivity contribution in [2.45, 2.75) is 36.7 Å². The first kappa shape index (κ1) is 20.2. The molecule has 2 aromatic carbocycles. The molecule has 2 fully saturated rings. The second kappa shape index (κ2) is 7.31. The first-order valence-corrected chi connectivity index (χ1v) is 11.3. The number of ketones is 1. The molecule has 1 heterocycles. The number of Topliss-reactive ketones (excluding diaryl/α,β-unsaturated/α-hetero) is 1. The highest BCUT2D eigenvalue weighted by molar-refractivity contribution is 7.89. The van der Waals surface area contributed by atoms with Crippen molar-refractivity contribution in [3.63, 3.8) is 0 Å². The van der Waals surface area contributed by atoms with Gasteiger partial charge in [-0.1, -0.05) is 24.3 Å². The molecule has 29 heavy (non-hydrogen) atoms. The van der Waals surface area contributed by atoms with Gasteiger partial charge in [0, 0.05) is 24.6 Å². The fourth-order valence-electron chi connectivity index (χ4n) is 4.79. The number of benzene rings is 2. The second-order valence-corrected chi connectivity index (χ2v) is 10.0. The molecular weight excluding hydrogens is 393 g/mol. The maximum Gasteiger partial charge on any atom is 0.243 e. The highest BCUT2D eigenvalue weighted by Crippen LogP contribution is 2.49. The number of hydrogen-bond donors (Lipinski definition) is 1. The summed E-state index contributed by atoms with van der Waals surface area (Å²) < 4.78 is 41.1. The Morgan fingerprint density at radius 3 is 2.38 bits per heavy atom. The lowest BCUT2D eigenvalue weighted by Gasteiger charge is -2.41. The molecule has 0 bridgehead atoms. The van der Waals surface area contributed by atoms with E-state index in [-0.39, 0.29) is 34.9 Å². The van der Waals surface area contributed by atoms with Crippen molar-refractivity contribution in [3.8, 4) is 0 Å². The minimum atomic E-state index is -3.73. The van der Waals surface area contributed by atoms with E-state index in [9.17, 15) is 22.7 Å². The number of halogens is 1. The minimum Gasteiger partial charge on any atom is -0.385 e. The van der Waals surface area contributed by atoms with E-state index in [4.69, 9.17) is 0 Å². The van der Waals surface area contributed by atoms with Gasteiger partial charge in [0.15, 0.2) is 5.78 Å². The summed E-state index contributed by atoms with van der Waals surface area (Å²) in [4.78, 5) is 11.6. The number of hydrogen-bond acceptors (Lipinski definition) is 4. The molecule has 5 nitrogen and oxygen atoms in total. The van der Waals surface area contributed by atoms with E-state index < -0.39 is 15.6 Å². The maximum atomic E-state index is 13.3. The van der Waals surface area contributed by atoms with Gasteiger partial charge in [-0.05, 0) is 61.9 Å². The van der Waals surface area contributed by atoms with Crippen LogP contribution in [0.1, 0.15) is 42.1 Å². The Morgan fingerprint density at radius 2 is 1.76 bits per heavy atom. The summed E-state index contributed by atoms with van der Waals surface area (Å²) in [5.74, 6) is -0.683. The number of rotatable bonds is 4. The molecule has 1 N–H and O–H groups in total. The fraction of sp³-hybridized carbons (Fsp3) is 0.409. The molecule has 1 saturated carbocycles. The summed E-state index contributed by atoms with van der Waals surface area (Å²) in [6, 6.07) is 11.8. The molecule has 0 amide bonds. The van der Waals surface area contributed by atoms with E-state index in [1.807, 2.05) is 0 Å². The van der Waals surface area contributed by atoms with E-state index in [1.165, 1.54) is 47.6 Å². The molecule has 2 aromatic rings. The molecule has 0 radical (unpaired) electrons. The molecule has 154 valence electrons. The Morgan fingerprint density at radius 1 is 1.10 bits per heavy atom. The number of sulfonamides is 1. The smallest absolute Gasteiger partial charge is 0.243 e. The molecule has 7 heteroatoms. The van der Waals surface area contributed by atoms with Crippen molar-refractivity contribution >= 4 is 15.8 Å². The number of nitrogens with zero attached hydrogens (tertiary/aromatic N) is 1. The summed E-state index contributed by atoms with van der Waals surface area (Å²) in [6.45, 7) is 2.01. The van der Waals surface area contributed by atoms with Gasteiger partial charge in [0.1, 0.15) is 5.82 Å². The van der Waals surface area contributed by atoms with E-state index in [2.05, 4.69) is 0 Å². The standard InChI is InChI=1S/C22H24FNO4S/c1-15(25)16-4-10-20(11-5-16)29(27,28)24-13-17-3-2-12-22(26,21(17)14-24)18-6-8-19(23)9-7-18/h4-11,17,21,26H,2-3,12-14H2,1H3/t17-,21-,22-/m0/s1. The van der Waals surface area contributed by atoms with Crippen LogP contribution in [0.2, 0.25) is 0 Å². The number of aliphatic hydroxyl groups is 1. The Kier molecular flexibility index (Phi) is 5.09. The van der Waals surface area contributed by atoms with Crippen LogP contribution in [0, 0.1) is 17.7 Å². The van der Waals surface area contributed by atoms with Gasteiger partial charge in [-0.3, -0.25) is 4.79 Å². The van der Waals surface area contributed by atoms with Gasteiger partial charge < -0.3 is 5.11 Å². The van der Waals surface area contributed by atoms with Crippen LogP contribution in [-0.2, 0) is 15.6 Å². The average molecular weight is 418 g/mol. The number of carbonyl (C=O) groups excluding carboxylic acids is 1. The zero-order chi connectivity index (χ0) is 20.8. The first-order chi connectivity index (χ1) is 13.7. The van der Waals surface area contributed by atoms with Gasteiger partial charge in [-0.25, -0.2) is 12.8 Å². The number of fused-ring (bicyclic) bond motifs is 1. The third kappa shape index (κ3) is 3.52. The van der Waals surface area contributed by atoms with Crippen molar-refractivity contribution in [1.29, 1.82) is 0 Å². The predicted octanol–water partition coefficient (Wildman–Crippen LogP) is 3.34. The molecule has 3 atom stereocenters. The van der Waals surface area contributed by atoms with Crippen molar-refractivity contribution < 1.29 is 22.7 Å². The van der Waals surface area contributed by atoms with Crippen LogP contribution >= 0.6 is 0 Å². The Labute approximate surface area is 170 Å². The Balaban J connectivity index is 1.62. The molecule has 4 rings (SSSR count). The minimum absolute atomic E-state index is 0.0464. The number of carbonyl (C=O) groups is 1.